The number of rotatable bonds is 5. The number of carbonyl (C=O) groups is 1. The molecule has 0 spiro atoms. The van der Waals surface area contributed by atoms with Gasteiger partial charge in [-0.1, -0.05) is 0 Å². The second-order valence-electron chi connectivity index (χ2n) is 8.86. The molecule has 0 unspecified atom stereocenters. The molecule has 4 aromatic heterocycles. The maximum atomic E-state index is 12.1. The zero-order chi connectivity index (χ0) is 21.9. The van der Waals surface area contributed by atoms with Crippen molar-refractivity contribution >= 4 is 28.5 Å². The SMILES string of the molecule is COc1nc(NC2CC(C)(N3CCCC3=O)C2)nc2[nH]cc(-c3ccn4ncnc4c3)c12. The third-order valence-electron chi connectivity index (χ3n) is 6.71. The molecule has 0 aromatic carbocycles. The Morgan fingerprint density at radius 1 is 1.31 bits per heavy atom. The van der Waals surface area contributed by atoms with E-state index in [4.69, 9.17) is 9.72 Å². The lowest BCUT2D eigenvalue weighted by Gasteiger charge is -2.51. The zero-order valence-electron chi connectivity index (χ0n) is 18.0. The Bertz CT molecular complexity index is 1340. The van der Waals surface area contributed by atoms with Crippen molar-refractivity contribution in [1.29, 1.82) is 0 Å². The molecule has 0 radical (unpaired) electrons. The van der Waals surface area contributed by atoms with Gasteiger partial charge in [-0.15, -0.1) is 0 Å². The molecule has 1 aliphatic carbocycles. The molecule has 2 fully saturated rings. The van der Waals surface area contributed by atoms with Crippen LogP contribution in [0.1, 0.15) is 32.6 Å². The number of fused-ring (bicyclic) bond motifs is 2. The van der Waals surface area contributed by atoms with Crippen LogP contribution in [0.3, 0.4) is 0 Å². The van der Waals surface area contributed by atoms with Crippen LogP contribution in [0, 0.1) is 0 Å². The average molecular weight is 432 g/mol. The number of pyridine rings is 1. The first kappa shape index (κ1) is 19.0. The molecule has 10 nitrogen and oxygen atoms in total. The van der Waals surface area contributed by atoms with Gasteiger partial charge in [-0.05, 0) is 43.9 Å². The molecule has 4 aromatic rings. The maximum absolute atomic E-state index is 12.1. The molecule has 1 aliphatic heterocycles. The summed E-state index contributed by atoms with van der Waals surface area (Å²) < 4.78 is 7.35. The molecule has 2 N–H and O–H groups in total. The van der Waals surface area contributed by atoms with E-state index in [2.05, 4.69) is 32.3 Å². The zero-order valence-corrected chi connectivity index (χ0v) is 18.0. The van der Waals surface area contributed by atoms with E-state index in [-0.39, 0.29) is 17.5 Å². The number of amides is 1. The lowest BCUT2D eigenvalue weighted by atomic mass is 9.73. The molecule has 164 valence electrons. The highest BCUT2D eigenvalue weighted by Gasteiger charge is 2.48. The molecule has 32 heavy (non-hydrogen) atoms. The molecule has 5 heterocycles. The number of aromatic nitrogens is 6. The van der Waals surface area contributed by atoms with E-state index in [1.165, 1.54) is 6.33 Å². The van der Waals surface area contributed by atoms with E-state index < -0.39 is 0 Å². The summed E-state index contributed by atoms with van der Waals surface area (Å²) >= 11 is 0. The van der Waals surface area contributed by atoms with Crippen LogP contribution in [-0.2, 0) is 4.79 Å². The highest BCUT2D eigenvalue weighted by Crippen LogP contribution is 2.41. The van der Waals surface area contributed by atoms with Crippen LogP contribution in [0.15, 0.2) is 30.9 Å². The highest BCUT2D eigenvalue weighted by molar-refractivity contribution is 5.98. The molecule has 1 amide bonds. The van der Waals surface area contributed by atoms with Gasteiger partial charge in [-0.2, -0.15) is 15.1 Å². The highest BCUT2D eigenvalue weighted by atomic mass is 16.5. The Kier molecular flexibility index (Phi) is 4.11. The number of ether oxygens (including phenoxy) is 1. The number of carbonyl (C=O) groups excluding carboxylic acids is 1. The van der Waals surface area contributed by atoms with Crippen LogP contribution >= 0.6 is 0 Å². The Morgan fingerprint density at radius 3 is 2.97 bits per heavy atom. The van der Waals surface area contributed by atoms with Gasteiger partial charge in [0, 0.05) is 42.5 Å². The number of H-pyrrole nitrogens is 1. The van der Waals surface area contributed by atoms with E-state index in [0.29, 0.717) is 23.9 Å². The fraction of sp³-hybridized carbons (Fsp3) is 0.409. The van der Waals surface area contributed by atoms with Crippen LogP contribution < -0.4 is 10.1 Å². The number of methoxy groups -OCH3 is 1. The van der Waals surface area contributed by atoms with E-state index in [0.717, 1.165) is 48.0 Å². The Balaban J connectivity index is 1.27. The summed E-state index contributed by atoms with van der Waals surface area (Å²) in [6.45, 7) is 3.03. The third kappa shape index (κ3) is 2.89. The van der Waals surface area contributed by atoms with Crippen molar-refractivity contribution in [2.75, 3.05) is 19.0 Å². The van der Waals surface area contributed by atoms with Crippen molar-refractivity contribution in [2.45, 2.75) is 44.2 Å². The van der Waals surface area contributed by atoms with Gasteiger partial charge in [-0.25, -0.2) is 9.50 Å². The smallest absolute Gasteiger partial charge is 0.228 e. The number of likely N-dealkylation sites (tertiary alicyclic amines) is 1. The molecule has 1 saturated carbocycles. The fourth-order valence-electron chi connectivity index (χ4n) is 5.15. The standard InChI is InChI=1S/C22H24N8O2/c1-22(29-6-3-4-17(29)31)9-14(10-22)26-21-27-19-18(20(28-21)32-2)15(11-23-19)13-5-7-30-16(8-13)24-12-25-30/h5,7-8,11-12,14H,3-4,6,9-10H2,1-2H3,(H2,23,26,27,28). The lowest BCUT2D eigenvalue weighted by molar-refractivity contribution is -0.136. The maximum Gasteiger partial charge on any atom is 0.228 e. The molecule has 2 aliphatic rings. The second kappa shape index (κ2) is 6.91. The Morgan fingerprint density at radius 2 is 2.19 bits per heavy atom. The van der Waals surface area contributed by atoms with Gasteiger partial charge in [-0.3, -0.25) is 4.79 Å². The number of hydrogen-bond donors (Lipinski definition) is 2. The van der Waals surface area contributed by atoms with Crippen LogP contribution in [0.5, 0.6) is 5.88 Å². The topological polar surface area (TPSA) is 113 Å². The average Bonchev–Trinajstić information content (AvgIpc) is 3.50. The summed E-state index contributed by atoms with van der Waals surface area (Å²) in [6.07, 6.45) is 8.72. The Hall–Kier alpha value is -3.69. The van der Waals surface area contributed by atoms with Crippen molar-refractivity contribution in [3.63, 3.8) is 0 Å². The molecule has 10 heteroatoms. The first-order valence-electron chi connectivity index (χ1n) is 10.8. The van der Waals surface area contributed by atoms with Gasteiger partial charge < -0.3 is 19.9 Å². The van der Waals surface area contributed by atoms with E-state index >= 15 is 0 Å². The van der Waals surface area contributed by atoms with Crippen molar-refractivity contribution in [3.05, 3.63) is 30.9 Å². The minimum absolute atomic E-state index is 0.0701. The largest absolute Gasteiger partial charge is 0.480 e. The summed E-state index contributed by atoms with van der Waals surface area (Å²) in [5.41, 5.74) is 3.31. The van der Waals surface area contributed by atoms with Crippen LogP contribution in [0.2, 0.25) is 0 Å². The van der Waals surface area contributed by atoms with E-state index in [1.807, 2.05) is 29.4 Å². The molecule has 1 saturated heterocycles. The first-order valence-corrected chi connectivity index (χ1v) is 10.8. The lowest BCUT2D eigenvalue weighted by Crippen LogP contribution is -2.59. The minimum atomic E-state index is -0.0701. The molecular formula is C22H24N8O2. The number of hydrogen-bond acceptors (Lipinski definition) is 7. The predicted molar refractivity (Wildman–Crippen MR) is 118 cm³/mol. The number of aromatic amines is 1. The number of anilines is 1. The minimum Gasteiger partial charge on any atom is -0.480 e. The first-order chi connectivity index (χ1) is 15.5. The summed E-state index contributed by atoms with van der Waals surface area (Å²) in [5, 5.41) is 8.40. The molecule has 6 rings (SSSR count). The van der Waals surface area contributed by atoms with Crippen molar-refractivity contribution < 1.29 is 9.53 Å². The van der Waals surface area contributed by atoms with E-state index in [9.17, 15) is 4.79 Å². The van der Waals surface area contributed by atoms with Crippen molar-refractivity contribution in [1.82, 2.24) is 34.4 Å². The van der Waals surface area contributed by atoms with Gasteiger partial charge >= 0.3 is 0 Å². The summed E-state index contributed by atoms with van der Waals surface area (Å²) in [7, 11) is 1.61. The van der Waals surface area contributed by atoms with E-state index in [1.54, 1.807) is 11.6 Å². The predicted octanol–water partition coefficient (Wildman–Crippen LogP) is 2.63. The summed E-state index contributed by atoms with van der Waals surface area (Å²) in [5.74, 6) is 1.30. The van der Waals surface area contributed by atoms with Crippen molar-refractivity contribution in [2.24, 2.45) is 0 Å². The second-order valence-corrected chi connectivity index (χ2v) is 8.86. The number of nitrogens with zero attached hydrogens (tertiary/aromatic N) is 6. The summed E-state index contributed by atoms with van der Waals surface area (Å²) in [6, 6.07) is 4.17. The third-order valence-corrected chi connectivity index (χ3v) is 6.71. The molecular weight excluding hydrogens is 408 g/mol. The Labute approximate surface area is 184 Å². The van der Waals surface area contributed by atoms with Gasteiger partial charge in [0.1, 0.15) is 12.0 Å². The normalized spacial score (nSPS) is 23.1. The van der Waals surface area contributed by atoms with Gasteiger partial charge in [0.25, 0.3) is 0 Å². The fourth-order valence-corrected chi connectivity index (χ4v) is 5.15. The van der Waals surface area contributed by atoms with Crippen molar-refractivity contribution in [3.8, 4) is 17.0 Å². The van der Waals surface area contributed by atoms with Crippen LogP contribution in [0.4, 0.5) is 5.95 Å². The van der Waals surface area contributed by atoms with Gasteiger partial charge in [0.15, 0.2) is 5.65 Å². The van der Waals surface area contributed by atoms with Gasteiger partial charge in [0.05, 0.1) is 12.5 Å². The molecule has 0 bridgehead atoms. The van der Waals surface area contributed by atoms with Crippen LogP contribution in [0.25, 0.3) is 27.8 Å². The quantitative estimate of drug-likeness (QED) is 0.498. The van der Waals surface area contributed by atoms with Gasteiger partial charge in [0.2, 0.25) is 17.7 Å². The summed E-state index contributed by atoms with van der Waals surface area (Å²) in [4.78, 5) is 31.0. The number of nitrogens with one attached hydrogen (secondary N) is 2. The van der Waals surface area contributed by atoms with Crippen LogP contribution in [-0.4, -0.2) is 65.6 Å². The molecule has 0 atom stereocenters. The monoisotopic (exact) mass is 432 g/mol.